The van der Waals surface area contributed by atoms with Crippen molar-refractivity contribution in [3.8, 4) is 0 Å². The van der Waals surface area contributed by atoms with Gasteiger partial charge in [0.05, 0.1) is 12.0 Å². The zero-order valence-corrected chi connectivity index (χ0v) is 19.1. The maximum atomic E-state index is 13.9. The van der Waals surface area contributed by atoms with Gasteiger partial charge in [0.2, 0.25) is 0 Å². The van der Waals surface area contributed by atoms with Crippen molar-refractivity contribution in [3.05, 3.63) is 29.8 Å². The van der Waals surface area contributed by atoms with E-state index in [1.54, 1.807) is 12.1 Å². The number of rotatable bonds is 1. The molecule has 4 aliphatic carbocycles. The maximum absolute atomic E-state index is 13.9. The van der Waals surface area contributed by atoms with Gasteiger partial charge in [0.25, 0.3) is 5.91 Å². The summed E-state index contributed by atoms with van der Waals surface area (Å²) in [6, 6.07) is 7.25. The summed E-state index contributed by atoms with van der Waals surface area (Å²) in [4.78, 5) is 26.9. The van der Waals surface area contributed by atoms with Crippen LogP contribution in [0.1, 0.15) is 70.8 Å². The molecule has 5 heteroatoms. The molecular formula is C27H35NO4. The van der Waals surface area contributed by atoms with E-state index in [-0.39, 0.29) is 23.2 Å². The Bertz CT molecular complexity index is 992. The summed E-state index contributed by atoms with van der Waals surface area (Å²) in [6.07, 6.45) is 7.41. The highest BCUT2D eigenvalue weighted by Crippen LogP contribution is 2.67. The van der Waals surface area contributed by atoms with Crippen molar-refractivity contribution in [3.63, 3.8) is 0 Å². The Morgan fingerprint density at radius 1 is 0.969 bits per heavy atom. The number of carbonyl (C=O) groups excluding carboxylic acids is 2. The van der Waals surface area contributed by atoms with Crippen molar-refractivity contribution < 1.29 is 19.8 Å². The third-order valence-electron chi connectivity index (χ3n) is 10.8. The van der Waals surface area contributed by atoms with Crippen LogP contribution in [0.4, 0.5) is 5.69 Å². The van der Waals surface area contributed by atoms with Gasteiger partial charge in [0, 0.05) is 16.7 Å². The Balaban J connectivity index is 1.35. The minimum atomic E-state index is -1.76. The van der Waals surface area contributed by atoms with Crippen molar-refractivity contribution in [1.29, 1.82) is 0 Å². The molecule has 32 heavy (non-hydrogen) atoms. The van der Waals surface area contributed by atoms with Gasteiger partial charge >= 0.3 is 0 Å². The second-order valence-electron chi connectivity index (χ2n) is 12.0. The smallest absolute Gasteiger partial charge is 0.261 e. The second kappa shape index (κ2) is 6.66. The van der Waals surface area contributed by atoms with E-state index in [1.807, 2.05) is 12.1 Å². The van der Waals surface area contributed by atoms with E-state index >= 15 is 0 Å². The van der Waals surface area contributed by atoms with Crippen LogP contribution in [0.3, 0.4) is 0 Å². The SMILES string of the molecule is C[C@]12CC[C@H](O)C[C@@H]1CC[C@@H]1[C@@H]2CC[C@]2(C)C(=O)[C@@H]([C@@]3(O)C(=O)Nc4ccccc43)C[C@@H]12. The first-order chi connectivity index (χ1) is 15.2. The topological polar surface area (TPSA) is 86.6 Å². The van der Waals surface area contributed by atoms with E-state index in [4.69, 9.17) is 0 Å². The molecule has 1 heterocycles. The monoisotopic (exact) mass is 437 g/mol. The summed E-state index contributed by atoms with van der Waals surface area (Å²) in [5.41, 5.74) is -0.812. The Kier molecular flexibility index (Phi) is 4.34. The Hall–Kier alpha value is -1.72. The number of fused-ring (bicyclic) bond motifs is 6. The van der Waals surface area contributed by atoms with E-state index < -0.39 is 22.8 Å². The van der Waals surface area contributed by atoms with E-state index in [2.05, 4.69) is 19.2 Å². The molecule has 4 saturated carbocycles. The lowest BCUT2D eigenvalue weighted by Crippen LogP contribution is -2.54. The van der Waals surface area contributed by atoms with Gasteiger partial charge in [-0.05, 0) is 86.5 Å². The highest BCUT2D eigenvalue weighted by atomic mass is 16.3. The molecule has 0 aromatic heterocycles. The van der Waals surface area contributed by atoms with Crippen molar-refractivity contribution >= 4 is 17.4 Å². The molecule has 0 radical (unpaired) electrons. The lowest BCUT2D eigenvalue weighted by atomic mass is 9.45. The lowest BCUT2D eigenvalue weighted by Gasteiger charge is -2.60. The first-order valence-electron chi connectivity index (χ1n) is 12.6. The summed E-state index contributed by atoms with van der Waals surface area (Å²) in [7, 11) is 0. The number of benzene rings is 1. The molecule has 9 atom stereocenters. The maximum Gasteiger partial charge on any atom is 0.261 e. The van der Waals surface area contributed by atoms with Crippen LogP contribution < -0.4 is 5.32 Å². The number of carbonyl (C=O) groups is 2. The number of ketones is 1. The summed E-state index contributed by atoms with van der Waals surface area (Å²) in [6.45, 7) is 4.54. The second-order valence-corrected chi connectivity index (χ2v) is 12.0. The van der Waals surface area contributed by atoms with Gasteiger partial charge in [-0.15, -0.1) is 0 Å². The largest absolute Gasteiger partial charge is 0.393 e. The molecule has 172 valence electrons. The number of aliphatic hydroxyl groups excluding tert-OH is 1. The Morgan fingerprint density at radius 2 is 1.75 bits per heavy atom. The van der Waals surface area contributed by atoms with Crippen LogP contribution in [-0.2, 0) is 15.2 Å². The van der Waals surface area contributed by atoms with Crippen molar-refractivity contribution in [2.24, 2.45) is 40.4 Å². The number of para-hydroxylation sites is 1. The molecule has 1 aromatic rings. The lowest BCUT2D eigenvalue weighted by molar-refractivity contribution is -0.151. The molecular weight excluding hydrogens is 402 g/mol. The minimum Gasteiger partial charge on any atom is -0.393 e. The predicted octanol–water partition coefficient (Wildman–Crippen LogP) is 4.03. The van der Waals surface area contributed by atoms with Crippen LogP contribution in [0.15, 0.2) is 24.3 Å². The zero-order valence-electron chi connectivity index (χ0n) is 19.1. The third-order valence-corrected chi connectivity index (χ3v) is 10.8. The number of hydrogen-bond donors (Lipinski definition) is 3. The molecule has 1 amide bonds. The Labute approximate surface area is 190 Å². The molecule has 0 bridgehead atoms. The predicted molar refractivity (Wildman–Crippen MR) is 121 cm³/mol. The van der Waals surface area contributed by atoms with Gasteiger partial charge in [-0.1, -0.05) is 32.0 Å². The average molecular weight is 438 g/mol. The molecule has 5 nitrogen and oxygen atoms in total. The molecule has 5 aliphatic rings. The molecule has 0 saturated heterocycles. The van der Waals surface area contributed by atoms with Crippen LogP contribution in [0.2, 0.25) is 0 Å². The summed E-state index contributed by atoms with van der Waals surface area (Å²) >= 11 is 0. The van der Waals surface area contributed by atoms with Gasteiger partial charge in [-0.2, -0.15) is 0 Å². The van der Waals surface area contributed by atoms with Crippen molar-refractivity contribution in [2.75, 3.05) is 5.32 Å². The molecule has 4 fully saturated rings. The van der Waals surface area contributed by atoms with E-state index in [9.17, 15) is 19.8 Å². The number of aliphatic hydroxyl groups is 2. The molecule has 6 rings (SSSR count). The highest BCUT2D eigenvalue weighted by Gasteiger charge is 2.67. The van der Waals surface area contributed by atoms with Crippen LogP contribution in [0.25, 0.3) is 0 Å². The van der Waals surface area contributed by atoms with Crippen LogP contribution in [0, 0.1) is 40.4 Å². The highest BCUT2D eigenvalue weighted by molar-refractivity contribution is 6.09. The molecule has 1 aromatic carbocycles. The first-order valence-corrected chi connectivity index (χ1v) is 12.6. The van der Waals surface area contributed by atoms with Crippen LogP contribution in [0.5, 0.6) is 0 Å². The van der Waals surface area contributed by atoms with Crippen LogP contribution >= 0.6 is 0 Å². The number of anilines is 1. The molecule has 0 spiro atoms. The van der Waals surface area contributed by atoms with E-state index in [0.29, 0.717) is 35.4 Å². The zero-order chi connectivity index (χ0) is 22.5. The fourth-order valence-electron chi connectivity index (χ4n) is 9.03. The van der Waals surface area contributed by atoms with Gasteiger partial charge in [0.15, 0.2) is 5.60 Å². The van der Waals surface area contributed by atoms with Gasteiger partial charge in [0.1, 0.15) is 5.78 Å². The van der Waals surface area contributed by atoms with Gasteiger partial charge in [-0.3, -0.25) is 9.59 Å². The molecule has 3 N–H and O–H groups in total. The van der Waals surface area contributed by atoms with Gasteiger partial charge < -0.3 is 15.5 Å². The summed E-state index contributed by atoms with van der Waals surface area (Å²) in [5, 5.41) is 24.8. The normalized spacial score (nSPS) is 49.6. The van der Waals surface area contributed by atoms with Crippen molar-refractivity contribution in [1.82, 2.24) is 0 Å². The minimum absolute atomic E-state index is 0.0849. The average Bonchev–Trinajstić information content (AvgIpc) is 3.20. The standard InChI is InChI=1S/C27H35NO4/c1-25-11-9-16(29)13-15(25)7-8-17-18(25)10-12-26(2)20(17)14-21(23(26)30)27(32)19-5-3-4-6-22(19)28-24(27)31/h3-6,15-18,20-21,29,32H,7-14H2,1-2H3,(H,28,31)/t15-,16-,17+,18-,20-,21-,25-,26-,27+/m0/s1. The number of nitrogens with one attached hydrogen (secondary N) is 1. The molecule has 1 aliphatic heterocycles. The fraction of sp³-hybridized carbons (Fsp3) is 0.704. The van der Waals surface area contributed by atoms with Crippen LogP contribution in [-0.4, -0.2) is 28.0 Å². The third kappa shape index (κ3) is 2.47. The van der Waals surface area contributed by atoms with Crippen molar-refractivity contribution in [2.45, 2.75) is 76.9 Å². The van der Waals surface area contributed by atoms with E-state index in [0.717, 1.165) is 44.9 Å². The fourth-order valence-corrected chi connectivity index (χ4v) is 9.03. The number of Topliss-reactive ketones (excluding diaryl/α,β-unsaturated/α-hetero) is 1. The Morgan fingerprint density at radius 3 is 2.56 bits per heavy atom. The quantitative estimate of drug-likeness (QED) is 0.619. The first kappa shape index (κ1) is 20.9. The summed E-state index contributed by atoms with van der Waals surface area (Å²) < 4.78 is 0. The number of hydrogen-bond acceptors (Lipinski definition) is 4. The number of amides is 1. The van der Waals surface area contributed by atoms with Gasteiger partial charge in [-0.25, -0.2) is 0 Å². The summed E-state index contributed by atoms with van der Waals surface area (Å²) in [5.74, 6) is 0.766. The molecule has 0 unspecified atom stereocenters. The van der Waals surface area contributed by atoms with E-state index in [1.165, 1.54) is 0 Å².